The fraction of sp³-hybridized carbons (Fsp3) is 0.333. The maximum Gasteiger partial charge on any atom is 0.124 e. The molecule has 0 aliphatic heterocycles. The highest BCUT2D eigenvalue weighted by Crippen LogP contribution is 2.23. The Morgan fingerprint density at radius 1 is 1.15 bits per heavy atom. The largest absolute Gasteiger partial charge is 0.507 e. The van der Waals surface area contributed by atoms with Crippen molar-refractivity contribution in [2.45, 2.75) is 20.0 Å². The minimum atomic E-state index is 0. The average Bonchev–Trinajstić information content (AvgIpc) is 2.08. The van der Waals surface area contributed by atoms with Crippen molar-refractivity contribution in [1.82, 2.24) is 0 Å². The van der Waals surface area contributed by atoms with Gasteiger partial charge in [-0.1, -0.05) is 17.7 Å². The normalized spacial score (nSPS) is 9.46. The maximum atomic E-state index is 9.55. The van der Waals surface area contributed by atoms with Crippen LogP contribution in [0.1, 0.15) is 16.7 Å². The monoisotopic (exact) mass is 202 g/mol. The molecular formula is C9H15ClN2O. The molecule has 0 saturated carbocycles. The second kappa shape index (κ2) is 5.07. The Labute approximate surface area is 84.2 Å². The summed E-state index contributed by atoms with van der Waals surface area (Å²) in [6.45, 7) is 2.65. The van der Waals surface area contributed by atoms with Crippen molar-refractivity contribution in [1.29, 1.82) is 0 Å². The lowest BCUT2D eigenvalue weighted by atomic mass is 10.0. The summed E-state index contributed by atoms with van der Waals surface area (Å²) >= 11 is 0. The molecule has 0 atom stereocenters. The first-order chi connectivity index (χ1) is 5.69. The third-order valence-corrected chi connectivity index (χ3v) is 1.85. The van der Waals surface area contributed by atoms with E-state index >= 15 is 0 Å². The van der Waals surface area contributed by atoms with Crippen LogP contribution in [0.2, 0.25) is 0 Å². The van der Waals surface area contributed by atoms with E-state index < -0.39 is 0 Å². The van der Waals surface area contributed by atoms with Crippen molar-refractivity contribution in [3.05, 3.63) is 28.8 Å². The van der Waals surface area contributed by atoms with Gasteiger partial charge in [-0.15, -0.1) is 12.4 Å². The number of aryl methyl sites for hydroxylation is 1. The van der Waals surface area contributed by atoms with Gasteiger partial charge in [-0.3, -0.25) is 0 Å². The highest BCUT2D eigenvalue weighted by Gasteiger charge is 2.05. The zero-order valence-electron chi connectivity index (χ0n) is 7.58. The molecule has 0 unspecified atom stereocenters. The third kappa shape index (κ3) is 2.59. The lowest BCUT2D eigenvalue weighted by Gasteiger charge is -2.08. The fourth-order valence-electron chi connectivity index (χ4n) is 1.25. The molecule has 0 aliphatic rings. The Hall–Kier alpha value is -0.770. The number of hydrogen-bond donors (Lipinski definition) is 3. The van der Waals surface area contributed by atoms with Gasteiger partial charge in [-0.25, -0.2) is 0 Å². The molecule has 0 amide bonds. The van der Waals surface area contributed by atoms with Crippen LogP contribution in [0.4, 0.5) is 0 Å². The minimum Gasteiger partial charge on any atom is -0.507 e. The SMILES string of the molecule is Cc1cc(CN)c(O)c(CN)c1.Cl. The van der Waals surface area contributed by atoms with Crippen LogP contribution in [0.15, 0.2) is 12.1 Å². The Bertz CT molecular complexity index is 264. The van der Waals surface area contributed by atoms with Crippen LogP contribution in [-0.2, 0) is 13.1 Å². The molecule has 0 spiro atoms. The molecule has 3 nitrogen and oxygen atoms in total. The summed E-state index contributed by atoms with van der Waals surface area (Å²) in [4.78, 5) is 0. The second-order valence-electron chi connectivity index (χ2n) is 2.84. The summed E-state index contributed by atoms with van der Waals surface area (Å²) in [6, 6.07) is 3.74. The number of phenols is 1. The predicted molar refractivity (Wildman–Crippen MR) is 55.9 cm³/mol. The van der Waals surface area contributed by atoms with Crippen LogP contribution >= 0.6 is 12.4 Å². The number of rotatable bonds is 2. The molecule has 0 aliphatic carbocycles. The summed E-state index contributed by atoms with van der Waals surface area (Å²) in [7, 11) is 0. The van der Waals surface area contributed by atoms with Crippen LogP contribution < -0.4 is 11.5 Å². The highest BCUT2D eigenvalue weighted by atomic mass is 35.5. The molecule has 0 aromatic heterocycles. The predicted octanol–water partition coefficient (Wildman–Crippen LogP) is 1.04. The lowest BCUT2D eigenvalue weighted by Crippen LogP contribution is -2.03. The third-order valence-electron chi connectivity index (χ3n) is 1.85. The molecule has 0 radical (unpaired) electrons. The van der Waals surface area contributed by atoms with Gasteiger partial charge in [0.1, 0.15) is 5.75 Å². The van der Waals surface area contributed by atoms with E-state index in [1.807, 2.05) is 19.1 Å². The summed E-state index contributed by atoms with van der Waals surface area (Å²) in [5.41, 5.74) is 13.5. The quantitative estimate of drug-likeness (QED) is 0.671. The van der Waals surface area contributed by atoms with Gasteiger partial charge < -0.3 is 16.6 Å². The van der Waals surface area contributed by atoms with Gasteiger partial charge in [-0.2, -0.15) is 0 Å². The van der Waals surface area contributed by atoms with Crippen LogP contribution in [0.25, 0.3) is 0 Å². The summed E-state index contributed by atoms with van der Waals surface area (Å²) in [6.07, 6.45) is 0. The van der Waals surface area contributed by atoms with Gasteiger partial charge >= 0.3 is 0 Å². The molecule has 13 heavy (non-hydrogen) atoms. The molecule has 4 heteroatoms. The van der Waals surface area contributed by atoms with Crippen LogP contribution in [0.3, 0.4) is 0 Å². The topological polar surface area (TPSA) is 72.3 Å². The summed E-state index contributed by atoms with van der Waals surface area (Å²) in [5.74, 6) is 0.241. The maximum absolute atomic E-state index is 9.55. The first-order valence-electron chi connectivity index (χ1n) is 3.90. The first kappa shape index (κ1) is 12.2. The molecular weight excluding hydrogens is 188 g/mol. The van der Waals surface area contributed by atoms with E-state index in [9.17, 15) is 5.11 Å². The highest BCUT2D eigenvalue weighted by molar-refractivity contribution is 5.85. The number of nitrogens with two attached hydrogens (primary N) is 2. The van der Waals surface area contributed by atoms with Crippen molar-refractivity contribution in [3.63, 3.8) is 0 Å². The van der Waals surface area contributed by atoms with Crippen molar-refractivity contribution < 1.29 is 5.11 Å². The fourth-order valence-corrected chi connectivity index (χ4v) is 1.25. The number of halogens is 1. The van der Waals surface area contributed by atoms with Crippen LogP contribution in [0, 0.1) is 6.92 Å². The molecule has 74 valence electrons. The van der Waals surface area contributed by atoms with Gasteiger partial charge in [0.2, 0.25) is 0 Å². The van der Waals surface area contributed by atoms with E-state index in [2.05, 4.69) is 0 Å². The molecule has 0 fully saturated rings. The van der Waals surface area contributed by atoms with E-state index in [1.165, 1.54) is 0 Å². The molecule has 0 saturated heterocycles. The standard InChI is InChI=1S/C9H14N2O.ClH/c1-6-2-7(4-10)9(12)8(3-6)5-11;/h2-3,12H,4-5,10-11H2,1H3;1H. The number of hydrogen-bond acceptors (Lipinski definition) is 3. The van der Waals surface area contributed by atoms with Crippen LogP contribution in [0.5, 0.6) is 5.75 Å². The van der Waals surface area contributed by atoms with Gasteiger partial charge in [0.15, 0.2) is 0 Å². The van der Waals surface area contributed by atoms with E-state index in [4.69, 9.17) is 11.5 Å². The molecule has 1 aromatic carbocycles. The Morgan fingerprint density at radius 3 is 1.85 bits per heavy atom. The molecule has 0 bridgehead atoms. The first-order valence-corrected chi connectivity index (χ1v) is 3.90. The van der Waals surface area contributed by atoms with Gasteiger partial charge in [0.05, 0.1) is 0 Å². The zero-order valence-corrected chi connectivity index (χ0v) is 8.40. The number of aromatic hydroxyl groups is 1. The number of phenolic OH excluding ortho intramolecular Hbond substituents is 1. The Kier molecular flexibility index (Phi) is 4.77. The van der Waals surface area contributed by atoms with Crippen molar-refractivity contribution >= 4 is 12.4 Å². The second-order valence-corrected chi connectivity index (χ2v) is 2.84. The summed E-state index contributed by atoms with van der Waals surface area (Å²) in [5, 5.41) is 9.55. The Morgan fingerprint density at radius 2 is 1.54 bits per heavy atom. The van der Waals surface area contributed by atoms with Gasteiger partial charge in [0.25, 0.3) is 0 Å². The van der Waals surface area contributed by atoms with E-state index in [0.717, 1.165) is 16.7 Å². The van der Waals surface area contributed by atoms with Gasteiger partial charge in [-0.05, 0) is 6.92 Å². The minimum absolute atomic E-state index is 0. The van der Waals surface area contributed by atoms with Crippen LogP contribution in [-0.4, -0.2) is 5.11 Å². The smallest absolute Gasteiger partial charge is 0.124 e. The van der Waals surface area contributed by atoms with E-state index in [1.54, 1.807) is 0 Å². The molecule has 5 N–H and O–H groups in total. The van der Waals surface area contributed by atoms with E-state index in [-0.39, 0.29) is 18.2 Å². The Balaban J connectivity index is 0.00000144. The zero-order chi connectivity index (χ0) is 9.14. The van der Waals surface area contributed by atoms with Crippen molar-refractivity contribution in [2.24, 2.45) is 11.5 Å². The number of benzene rings is 1. The molecule has 1 rings (SSSR count). The van der Waals surface area contributed by atoms with E-state index in [0.29, 0.717) is 13.1 Å². The molecule has 0 heterocycles. The molecule has 1 aromatic rings. The van der Waals surface area contributed by atoms with Crippen molar-refractivity contribution in [2.75, 3.05) is 0 Å². The van der Waals surface area contributed by atoms with Crippen molar-refractivity contribution in [3.8, 4) is 5.75 Å². The lowest BCUT2D eigenvalue weighted by molar-refractivity contribution is 0.461. The average molecular weight is 203 g/mol. The van der Waals surface area contributed by atoms with Gasteiger partial charge in [0, 0.05) is 24.2 Å². The summed E-state index contributed by atoms with van der Waals surface area (Å²) < 4.78 is 0.